The Morgan fingerprint density at radius 2 is 0.569 bits per heavy atom. The monoisotopic (exact) mass is 972 g/mol. The Labute approximate surface area is 423 Å². The van der Waals surface area contributed by atoms with Gasteiger partial charge >= 0.3 is 0 Å². The minimum absolute atomic E-state index is 0.0375. The van der Waals surface area contributed by atoms with E-state index >= 15 is 0 Å². The highest BCUT2D eigenvalue weighted by Crippen LogP contribution is 2.36. The largest absolute Gasteiger partial charge is 0.374 e. The summed E-state index contributed by atoms with van der Waals surface area (Å²) in [6.07, 6.45) is -9.37. The van der Waals surface area contributed by atoms with E-state index < -0.39 is 61.4 Å². The molecule has 0 spiro atoms. The first-order valence-corrected chi connectivity index (χ1v) is 24.8. The van der Waals surface area contributed by atoms with Crippen molar-refractivity contribution in [3.63, 3.8) is 0 Å². The molecule has 2 fully saturated rings. The maximum atomic E-state index is 12.0. The number of rotatable bonds is 25. The third-order valence-corrected chi connectivity index (χ3v) is 12.7. The van der Waals surface area contributed by atoms with Gasteiger partial charge in [0.2, 0.25) is 0 Å². The average molecular weight is 973 g/mol. The van der Waals surface area contributed by atoms with Crippen LogP contribution in [0.25, 0.3) is 0 Å². The van der Waals surface area contributed by atoms with Gasteiger partial charge in [0.05, 0.1) is 59.5 Å². The van der Waals surface area contributed by atoms with Gasteiger partial charge in [-0.3, -0.25) is 0 Å². The van der Waals surface area contributed by atoms with E-state index in [1.807, 2.05) is 212 Å². The molecule has 0 amide bonds. The van der Waals surface area contributed by atoms with Crippen LogP contribution in [0.1, 0.15) is 38.9 Å². The molecule has 0 saturated carbocycles. The lowest BCUT2D eigenvalue weighted by atomic mass is 9.95. The molecule has 2 aliphatic heterocycles. The van der Waals surface area contributed by atoms with Crippen LogP contribution >= 0.6 is 0 Å². The zero-order valence-electron chi connectivity index (χ0n) is 40.4. The van der Waals surface area contributed by atoms with Crippen molar-refractivity contribution in [3.8, 4) is 0 Å². The lowest BCUT2D eigenvalue weighted by molar-refractivity contribution is -0.374. The van der Waals surface area contributed by atoms with Crippen LogP contribution in [-0.2, 0) is 93.6 Å². The van der Waals surface area contributed by atoms with Crippen molar-refractivity contribution >= 4 is 0 Å². The topological polar surface area (TPSA) is 113 Å². The Morgan fingerprint density at radius 1 is 0.292 bits per heavy atom. The first-order valence-electron chi connectivity index (χ1n) is 24.8. The van der Waals surface area contributed by atoms with Gasteiger partial charge in [-0.2, -0.15) is 0 Å². The molecule has 0 aromatic heterocycles. The highest BCUT2D eigenvalue weighted by Gasteiger charge is 2.54. The fourth-order valence-electron chi connectivity index (χ4n) is 8.97. The van der Waals surface area contributed by atoms with Gasteiger partial charge in [-0.15, -0.1) is 0 Å². The molecule has 7 aromatic carbocycles. The van der Waals surface area contributed by atoms with Crippen molar-refractivity contribution < 1.29 is 52.5 Å². The molecule has 11 nitrogen and oxygen atoms in total. The molecule has 7 aromatic rings. The van der Waals surface area contributed by atoms with Crippen LogP contribution in [0.4, 0.5) is 0 Å². The van der Waals surface area contributed by atoms with E-state index in [1.165, 1.54) is 0 Å². The van der Waals surface area contributed by atoms with E-state index in [0.29, 0.717) is 13.2 Å². The molecule has 11 heteroatoms. The number of hydrogen-bond donors (Lipinski definition) is 1. The Hall–Kier alpha value is -5.90. The van der Waals surface area contributed by atoms with E-state index in [2.05, 4.69) is 0 Å². The average Bonchev–Trinajstić information content (AvgIpc) is 3.43. The van der Waals surface area contributed by atoms with Crippen LogP contribution in [0.15, 0.2) is 212 Å². The van der Waals surface area contributed by atoms with E-state index in [1.54, 1.807) is 0 Å². The SMILES string of the molecule is O[C@H]1O[C@H](COCc2ccccc2)[C@@H](O[C@H]2O[C@H](COCc3ccccc3)[C@@H](OCc3ccccc3)[C@H](OCc3ccccc3)[C@@H]2OCc2ccccc2)[C@H](OCc2ccccc2)[C@H]1OCc1ccccc1. The first-order chi connectivity index (χ1) is 35.6. The fraction of sp³-hybridized carbons (Fsp3) is 0.311. The Kier molecular flexibility index (Phi) is 19.3. The van der Waals surface area contributed by atoms with Gasteiger partial charge < -0.3 is 52.5 Å². The molecule has 374 valence electrons. The van der Waals surface area contributed by atoms with Gasteiger partial charge in [0, 0.05) is 0 Å². The lowest BCUT2D eigenvalue weighted by Crippen LogP contribution is -2.66. The van der Waals surface area contributed by atoms with Crippen LogP contribution < -0.4 is 0 Å². The summed E-state index contributed by atoms with van der Waals surface area (Å²) in [5, 5.41) is 12.0. The number of aliphatic hydroxyl groups is 1. The smallest absolute Gasteiger partial charge is 0.187 e. The molecule has 1 N–H and O–H groups in total. The standard InChI is InChI=1S/C61H64O11/c62-60-58(68-41-50-32-18-6-19-33-50)57(67-40-49-30-16-5-17-31-49)55(53(70-60)44-64-37-46-24-10-2-11-25-46)72-61-59(69-42-51-34-20-7-21-35-51)56(66-39-48-28-14-4-15-29-48)54(65-38-47-26-12-3-13-27-47)52(71-61)43-63-36-45-22-8-1-9-23-45/h1-35,52-62H,36-44H2/t52-,53-,54-,55-,56+,57+,58-,59+,60+,61-/m1/s1. The molecule has 10 atom stereocenters. The van der Waals surface area contributed by atoms with Crippen LogP contribution in [0.5, 0.6) is 0 Å². The number of benzene rings is 7. The summed E-state index contributed by atoms with van der Waals surface area (Å²) in [6, 6.07) is 69.6. The van der Waals surface area contributed by atoms with Gasteiger partial charge in [-0.1, -0.05) is 212 Å². The van der Waals surface area contributed by atoms with Gasteiger partial charge in [0.25, 0.3) is 0 Å². The molecular formula is C61H64O11. The van der Waals surface area contributed by atoms with Gasteiger partial charge in [-0.25, -0.2) is 0 Å². The molecule has 0 bridgehead atoms. The maximum Gasteiger partial charge on any atom is 0.187 e. The highest BCUT2D eigenvalue weighted by molar-refractivity contribution is 5.19. The van der Waals surface area contributed by atoms with E-state index in [-0.39, 0.29) is 46.2 Å². The Balaban J connectivity index is 1.10. The molecule has 0 radical (unpaired) electrons. The number of hydrogen-bond acceptors (Lipinski definition) is 11. The third-order valence-electron chi connectivity index (χ3n) is 12.7. The van der Waals surface area contributed by atoms with Crippen molar-refractivity contribution in [2.45, 2.75) is 108 Å². The summed E-state index contributed by atoms with van der Waals surface area (Å²) < 4.78 is 68.6. The molecular weight excluding hydrogens is 909 g/mol. The summed E-state index contributed by atoms with van der Waals surface area (Å²) >= 11 is 0. The van der Waals surface area contributed by atoms with Crippen molar-refractivity contribution in [1.29, 1.82) is 0 Å². The van der Waals surface area contributed by atoms with Crippen LogP contribution in [-0.4, -0.2) is 79.7 Å². The molecule has 0 unspecified atom stereocenters. The Morgan fingerprint density at radius 3 is 0.931 bits per heavy atom. The molecule has 2 saturated heterocycles. The van der Waals surface area contributed by atoms with Crippen LogP contribution in [0.3, 0.4) is 0 Å². The zero-order chi connectivity index (χ0) is 49.0. The predicted octanol–water partition coefficient (Wildman–Crippen LogP) is 10.2. The lowest BCUT2D eigenvalue weighted by Gasteiger charge is -2.49. The van der Waals surface area contributed by atoms with Gasteiger partial charge in [0.1, 0.15) is 48.8 Å². The minimum Gasteiger partial charge on any atom is -0.374 e. The van der Waals surface area contributed by atoms with E-state index in [4.69, 9.17) is 47.4 Å². The molecule has 2 aliphatic rings. The number of ether oxygens (including phenoxy) is 10. The second-order valence-electron chi connectivity index (χ2n) is 18.0. The first kappa shape index (κ1) is 51.0. The van der Waals surface area contributed by atoms with Crippen molar-refractivity contribution in [2.24, 2.45) is 0 Å². The van der Waals surface area contributed by atoms with Crippen LogP contribution in [0.2, 0.25) is 0 Å². The quantitative estimate of drug-likeness (QED) is 0.0591. The van der Waals surface area contributed by atoms with Crippen molar-refractivity contribution in [2.75, 3.05) is 13.2 Å². The third kappa shape index (κ3) is 14.8. The van der Waals surface area contributed by atoms with Gasteiger partial charge in [-0.05, 0) is 38.9 Å². The fourth-order valence-corrected chi connectivity index (χ4v) is 8.97. The summed E-state index contributed by atoms with van der Waals surface area (Å²) in [7, 11) is 0. The molecule has 9 rings (SSSR count). The maximum absolute atomic E-state index is 12.0. The van der Waals surface area contributed by atoms with Crippen molar-refractivity contribution in [3.05, 3.63) is 251 Å². The summed E-state index contributed by atoms with van der Waals surface area (Å²) in [6.45, 7) is 1.91. The second kappa shape index (κ2) is 27.2. The summed E-state index contributed by atoms with van der Waals surface area (Å²) in [4.78, 5) is 0. The minimum atomic E-state index is -1.41. The normalized spacial score (nSPS) is 24.2. The predicted molar refractivity (Wildman–Crippen MR) is 272 cm³/mol. The zero-order valence-corrected chi connectivity index (χ0v) is 40.4. The second-order valence-corrected chi connectivity index (χ2v) is 18.0. The summed E-state index contributed by atoms with van der Waals surface area (Å²) in [5.74, 6) is 0. The van der Waals surface area contributed by atoms with E-state index in [9.17, 15) is 5.11 Å². The molecule has 72 heavy (non-hydrogen) atoms. The molecule has 0 aliphatic carbocycles. The Bertz CT molecular complexity index is 2550. The number of aliphatic hydroxyl groups excluding tert-OH is 1. The highest BCUT2D eigenvalue weighted by atomic mass is 16.8. The summed E-state index contributed by atoms with van der Waals surface area (Å²) in [5.41, 5.74) is 6.75. The van der Waals surface area contributed by atoms with Crippen LogP contribution in [0, 0.1) is 0 Å². The van der Waals surface area contributed by atoms with E-state index in [0.717, 1.165) is 38.9 Å². The molecule has 2 heterocycles. The van der Waals surface area contributed by atoms with Crippen molar-refractivity contribution in [1.82, 2.24) is 0 Å². The van der Waals surface area contributed by atoms with Gasteiger partial charge in [0.15, 0.2) is 12.6 Å².